The van der Waals surface area contributed by atoms with Gasteiger partial charge in [0.05, 0.1) is 0 Å². The SMILES string of the molecule is CCC1CNC(CC)(CC)CN1CCC1CCCC(C)C1. The molecule has 3 atom stereocenters. The fourth-order valence-electron chi connectivity index (χ4n) is 4.60. The molecule has 0 amide bonds. The van der Waals surface area contributed by atoms with Crippen LogP contribution >= 0.6 is 0 Å². The van der Waals surface area contributed by atoms with Crippen LogP contribution in [0.15, 0.2) is 0 Å². The van der Waals surface area contributed by atoms with Crippen molar-refractivity contribution in [1.29, 1.82) is 0 Å². The van der Waals surface area contributed by atoms with Gasteiger partial charge >= 0.3 is 0 Å². The normalized spacial score (nSPS) is 34.0. The van der Waals surface area contributed by atoms with Crippen molar-refractivity contribution in [1.82, 2.24) is 10.2 Å². The number of nitrogens with zero attached hydrogens (tertiary/aromatic N) is 1. The highest BCUT2D eigenvalue weighted by Crippen LogP contribution is 2.32. The minimum atomic E-state index is 0.380. The minimum absolute atomic E-state index is 0.380. The van der Waals surface area contributed by atoms with Crippen molar-refractivity contribution >= 4 is 0 Å². The summed E-state index contributed by atoms with van der Waals surface area (Å²) in [5.74, 6) is 1.97. The topological polar surface area (TPSA) is 15.3 Å². The molecule has 1 aliphatic heterocycles. The maximum Gasteiger partial charge on any atom is 0.0304 e. The Kier molecular flexibility index (Phi) is 6.55. The lowest BCUT2D eigenvalue weighted by Gasteiger charge is -2.48. The molecule has 0 bridgehead atoms. The second-order valence-electron chi connectivity index (χ2n) is 7.83. The second kappa shape index (κ2) is 7.97. The molecule has 2 heteroatoms. The lowest BCUT2D eigenvalue weighted by molar-refractivity contribution is 0.0626. The maximum absolute atomic E-state index is 3.87. The van der Waals surface area contributed by atoms with Crippen molar-refractivity contribution in [3.8, 4) is 0 Å². The van der Waals surface area contributed by atoms with Gasteiger partial charge in [-0.1, -0.05) is 47.0 Å². The van der Waals surface area contributed by atoms with E-state index in [1.54, 1.807) is 0 Å². The third-order valence-corrected chi connectivity index (χ3v) is 6.43. The monoisotopic (exact) mass is 294 g/mol. The fraction of sp³-hybridized carbons (Fsp3) is 1.00. The van der Waals surface area contributed by atoms with E-state index in [4.69, 9.17) is 0 Å². The zero-order valence-electron chi connectivity index (χ0n) is 15.0. The van der Waals surface area contributed by atoms with Gasteiger partial charge in [0.2, 0.25) is 0 Å². The molecule has 2 fully saturated rings. The van der Waals surface area contributed by atoms with Crippen LogP contribution in [0.25, 0.3) is 0 Å². The molecule has 124 valence electrons. The van der Waals surface area contributed by atoms with Crippen molar-refractivity contribution in [2.75, 3.05) is 19.6 Å². The molecule has 0 spiro atoms. The van der Waals surface area contributed by atoms with E-state index >= 15 is 0 Å². The quantitative estimate of drug-likeness (QED) is 0.779. The van der Waals surface area contributed by atoms with Gasteiger partial charge in [-0.3, -0.25) is 4.90 Å². The smallest absolute Gasteiger partial charge is 0.0304 e. The molecule has 1 N–H and O–H groups in total. The summed E-state index contributed by atoms with van der Waals surface area (Å²) in [5, 5.41) is 3.87. The Morgan fingerprint density at radius 1 is 1.14 bits per heavy atom. The van der Waals surface area contributed by atoms with Gasteiger partial charge in [-0.25, -0.2) is 0 Å². The Balaban J connectivity index is 1.88. The zero-order chi connectivity index (χ0) is 15.3. The average Bonchev–Trinajstić information content (AvgIpc) is 2.52. The number of nitrogens with one attached hydrogen (secondary N) is 1. The lowest BCUT2D eigenvalue weighted by Crippen LogP contribution is -2.63. The minimum Gasteiger partial charge on any atom is -0.308 e. The molecule has 1 saturated heterocycles. The molecular weight excluding hydrogens is 256 g/mol. The Hall–Kier alpha value is -0.0800. The Morgan fingerprint density at radius 3 is 2.52 bits per heavy atom. The predicted molar refractivity (Wildman–Crippen MR) is 92.7 cm³/mol. The van der Waals surface area contributed by atoms with Crippen LogP contribution in [0.4, 0.5) is 0 Å². The van der Waals surface area contributed by atoms with Crippen LogP contribution in [0.5, 0.6) is 0 Å². The highest BCUT2D eigenvalue weighted by atomic mass is 15.2. The summed E-state index contributed by atoms with van der Waals surface area (Å²) in [6, 6.07) is 0.761. The van der Waals surface area contributed by atoms with Gasteiger partial charge in [-0.05, 0) is 50.5 Å². The molecule has 0 aromatic rings. The standard InChI is InChI=1S/C19H38N2/c1-5-18-14-20-19(6-2,7-3)15-21(18)12-11-17-10-8-9-16(4)13-17/h16-18,20H,5-15H2,1-4H3. The molecule has 0 radical (unpaired) electrons. The molecule has 2 aliphatic rings. The Labute approximate surface area is 133 Å². The molecule has 3 unspecified atom stereocenters. The third kappa shape index (κ3) is 4.45. The van der Waals surface area contributed by atoms with E-state index in [2.05, 4.69) is 37.9 Å². The van der Waals surface area contributed by atoms with Crippen LogP contribution < -0.4 is 5.32 Å². The van der Waals surface area contributed by atoms with Gasteiger partial charge in [0.15, 0.2) is 0 Å². The van der Waals surface area contributed by atoms with Crippen molar-refractivity contribution < 1.29 is 0 Å². The summed E-state index contributed by atoms with van der Waals surface area (Å²) >= 11 is 0. The molecule has 0 aromatic heterocycles. The number of rotatable bonds is 6. The van der Waals surface area contributed by atoms with Crippen molar-refractivity contribution in [2.45, 2.75) is 90.6 Å². The van der Waals surface area contributed by atoms with Crippen molar-refractivity contribution in [2.24, 2.45) is 11.8 Å². The van der Waals surface area contributed by atoms with E-state index < -0.39 is 0 Å². The largest absolute Gasteiger partial charge is 0.308 e. The van der Waals surface area contributed by atoms with Crippen molar-refractivity contribution in [3.63, 3.8) is 0 Å². The van der Waals surface area contributed by atoms with E-state index in [1.165, 1.54) is 71.0 Å². The van der Waals surface area contributed by atoms with Gasteiger partial charge in [0.1, 0.15) is 0 Å². The molecule has 21 heavy (non-hydrogen) atoms. The maximum atomic E-state index is 3.87. The number of hydrogen-bond donors (Lipinski definition) is 1. The fourth-order valence-corrected chi connectivity index (χ4v) is 4.60. The van der Waals surface area contributed by atoms with Crippen LogP contribution in [0, 0.1) is 11.8 Å². The van der Waals surface area contributed by atoms with E-state index in [9.17, 15) is 0 Å². The van der Waals surface area contributed by atoms with Crippen molar-refractivity contribution in [3.05, 3.63) is 0 Å². The Bertz CT molecular complexity index is 298. The summed E-state index contributed by atoms with van der Waals surface area (Å²) < 4.78 is 0. The average molecular weight is 295 g/mol. The first-order valence-corrected chi connectivity index (χ1v) is 9.61. The summed E-state index contributed by atoms with van der Waals surface area (Å²) in [6.07, 6.45) is 11.2. The van der Waals surface area contributed by atoms with Crippen LogP contribution in [0.3, 0.4) is 0 Å². The second-order valence-corrected chi connectivity index (χ2v) is 7.83. The number of piperazine rings is 1. The molecule has 2 nitrogen and oxygen atoms in total. The summed E-state index contributed by atoms with van der Waals surface area (Å²) in [7, 11) is 0. The van der Waals surface area contributed by atoms with E-state index in [0.717, 1.165) is 17.9 Å². The molecule has 0 aromatic carbocycles. The molecular formula is C19H38N2. The first-order chi connectivity index (χ1) is 10.1. The molecule has 2 rings (SSSR count). The third-order valence-electron chi connectivity index (χ3n) is 6.43. The van der Waals surface area contributed by atoms with Gasteiger partial charge in [-0.2, -0.15) is 0 Å². The summed E-state index contributed by atoms with van der Waals surface area (Å²) in [4.78, 5) is 2.82. The Morgan fingerprint density at radius 2 is 1.90 bits per heavy atom. The van der Waals surface area contributed by atoms with Gasteiger partial charge in [0.25, 0.3) is 0 Å². The van der Waals surface area contributed by atoms with Gasteiger partial charge in [-0.15, -0.1) is 0 Å². The predicted octanol–water partition coefficient (Wildman–Crippen LogP) is 4.45. The highest BCUT2D eigenvalue weighted by molar-refractivity contribution is 4.96. The first-order valence-electron chi connectivity index (χ1n) is 9.61. The lowest BCUT2D eigenvalue weighted by atomic mass is 9.80. The van der Waals surface area contributed by atoms with E-state index in [0.29, 0.717) is 5.54 Å². The van der Waals surface area contributed by atoms with Gasteiger partial charge < -0.3 is 5.32 Å². The van der Waals surface area contributed by atoms with Crippen LogP contribution in [0.2, 0.25) is 0 Å². The summed E-state index contributed by atoms with van der Waals surface area (Å²) in [5.41, 5.74) is 0.380. The van der Waals surface area contributed by atoms with E-state index in [1.807, 2.05) is 0 Å². The zero-order valence-corrected chi connectivity index (χ0v) is 15.0. The van der Waals surface area contributed by atoms with Crippen LogP contribution in [0.1, 0.15) is 79.1 Å². The summed E-state index contributed by atoms with van der Waals surface area (Å²) in [6.45, 7) is 13.3. The molecule has 1 saturated carbocycles. The molecule has 1 aliphatic carbocycles. The highest BCUT2D eigenvalue weighted by Gasteiger charge is 2.36. The van der Waals surface area contributed by atoms with E-state index in [-0.39, 0.29) is 0 Å². The van der Waals surface area contributed by atoms with Crippen LogP contribution in [-0.4, -0.2) is 36.1 Å². The van der Waals surface area contributed by atoms with Crippen LogP contribution in [-0.2, 0) is 0 Å². The number of hydrogen-bond acceptors (Lipinski definition) is 2. The molecule has 1 heterocycles. The van der Waals surface area contributed by atoms with Gasteiger partial charge in [0, 0.05) is 24.7 Å². The first kappa shape index (κ1) is 17.3.